The molecule has 0 saturated heterocycles. The molecule has 0 saturated carbocycles. The van der Waals surface area contributed by atoms with E-state index in [1.807, 2.05) is 30.3 Å². The van der Waals surface area contributed by atoms with Crippen molar-refractivity contribution in [1.29, 1.82) is 0 Å². The Morgan fingerprint density at radius 3 is 2.44 bits per heavy atom. The molecule has 3 heteroatoms. The molecule has 0 aromatic heterocycles. The Morgan fingerprint density at radius 2 is 1.81 bits per heavy atom. The van der Waals surface area contributed by atoms with Crippen LogP contribution < -0.4 is 8.27 Å². The maximum Gasteiger partial charge on any atom is 0.126 e. The van der Waals surface area contributed by atoms with Crippen molar-refractivity contribution >= 4 is 28.6 Å². The van der Waals surface area contributed by atoms with Gasteiger partial charge < -0.3 is 8.27 Å². The largest absolute Gasteiger partial charge is 0.496 e. The smallest absolute Gasteiger partial charge is 0.126 e. The summed E-state index contributed by atoms with van der Waals surface area (Å²) in [5, 5.41) is 0. The Morgan fingerprint density at radius 1 is 1.06 bits per heavy atom. The third-order valence-corrected chi connectivity index (χ3v) is 3.02. The minimum absolute atomic E-state index is 0.890. The second-order valence-corrected chi connectivity index (χ2v) is 3.91. The van der Waals surface area contributed by atoms with E-state index in [1.165, 1.54) is 0 Å². The van der Waals surface area contributed by atoms with Crippen LogP contribution in [0.1, 0.15) is 0 Å². The predicted molar refractivity (Wildman–Crippen MR) is 76.1 cm³/mol. The third kappa shape index (κ3) is 2.29. The molecule has 1 N–H and O–H groups in total. The summed E-state index contributed by atoms with van der Waals surface area (Å²) in [5.41, 5.74) is 3.33. The van der Waals surface area contributed by atoms with Gasteiger partial charge in [-0.05, 0) is 23.8 Å². The second-order valence-electron chi connectivity index (χ2n) is 3.38. The summed E-state index contributed by atoms with van der Waals surface area (Å²) >= 11 is 2.12. The molecule has 16 heavy (non-hydrogen) atoms. The number of hydrogen-bond acceptors (Lipinski definition) is 2. The van der Waals surface area contributed by atoms with Crippen molar-refractivity contribution < 1.29 is 4.74 Å². The highest BCUT2D eigenvalue weighted by molar-refractivity contribution is 14.1. The fourth-order valence-corrected chi connectivity index (χ4v) is 1.95. The van der Waals surface area contributed by atoms with Gasteiger partial charge in [0.05, 0.1) is 30.0 Å². The van der Waals surface area contributed by atoms with Crippen molar-refractivity contribution in [3.63, 3.8) is 0 Å². The molecule has 0 heterocycles. The molecule has 2 aromatic carbocycles. The number of anilines is 1. The van der Waals surface area contributed by atoms with E-state index in [1.54, 1.807) is 7.11 Å². The van der Waals surface area contributed by atoms with Crippen molar-refractivity contribution in [1.82, 2.24) is 0 Å². The Labute approximate surface area is 109 Å². The van der Waals surface area contributed by atoms with Gasteiger partial charge in [0.1, 0.15) is 5.75 Å². The summed E-state index contributed by atoms with van der Waals surface area (Å²) in [6, 6.07) is 16.3. The normalized spacial score (nSPS) is 9.88. The van der Waals surface area contributed by atoms with Gasteiger partial charge in [-0.1, -0.05) is 30.3 Å². The zero-order valence-electron chi connectivity index (χ0n) is 8.91. The summed E-state index contributed by atoms with van der Waals surface area (Å²) in [7, 11) is 1.69. The molecule has 82 valence electrons. The van der Waals surface area contributed by atoms with E-state index < -0.39 is 0 Å². The number of nitrogens with one attached hydrogen (secondary N) is 1. The lowest BCUT2D eigenvalue weighted by Gasteiger charge is -2.10. The highest BCUT2D eigenvalue weighted by atomic mass is 127. The molecule has 0 radical (unpaired) electrons. The minimum Gasteiger partial charge on any atom is -0.496 e. The predicted octanol–water partition coefficient (Wildman–Crippen LogP) is 4.12. The summed E-state index contributed by atoms with van der Waals surface area (Å²) in [5.74, 6) is 0.890. The lowest BCUT2D eigenvalue weighted by Crippen LogP contribution is -1.89. The maximum absolute atomic E-state index is 5.37. The second kappa shape index (κ2) is 5.21. The van der Waals surface area contributed by atoms with Crippen LogP contribution in [0.2, 0.25) is 0 Å². The minimum atomic E-state index is 0.890. The van der Waals surface area contributed by atoms with E-state index in [0.717, 1.165) is 22.6 Å². The van der Waals surface area contributed by atoms with Crippen LogP contribution in [0.3, 0.4) is 0 Å². The number of hydrogen-bond donors (Lipinski definition) is 1. The van der Waals surface area contributed by atoms with Gasteiger partial charge >= 0.3 is 0 Å². The highest BCUT2D eigenvalue weighted by Gasteiger charge is 2.05. The van der Waals surface area contributed by atoms with Crippen LogP contribution in [0.4, 0.5) is 5.69 Å². The zero-order valence-corrected chi connectivity index (χ0v) is 11.1. The van der Waals surface area contributed by atoms with E-state index in [2.05, 4.69) is 44.6 Å². The Kier molecular flexibility index (Phi) is 3.66. The molecule has 0 aliphatic heterocycles. The van der Waals surface area contributed by atoms with Gasteiger partial charge in [-0.3, -0.25) is 0 Å². The van der Waals surface area contributed by atoms with E-state index in [-0.39, 0.29) is 0 Å². The van der Waals surface area contributed by atoms with Gasteiger partial charge in [-0.25, -0.2) is 0 Å². The van der Waals surface area contributed by atoms with Crippen LogP contribution in [-0.4, -0.2) is 7.11 Å². The standard InChI is InChI=1S/C13H12INO/c1-16-13-8-7-11(15-14)9-12(13)10-5-3-2-4-6-10/h2-9,15H,1H3. The molecular weight excluding hydrogens is 313 g/mol. The van der Waals surface area contributed by atoms with Crippen LogP contribution >= 0.6 is 22.9 Å². The lowest BCUT2D eigenvalue weighted by molar-refractivity contribution is 0.416. The van der Waals surface area contributed by atoms with Crippen molar-refractivity contribution in [2.24, 2.45) is 0 Å². The van der Waals surface area contributed by atoms with Gasteiger partial charge in [-0.2, -0.15) is 0 Å². The molecule has 0 fully saturated rings. The topological polar surface area (TPSA) is 21.3 Å². The molecule has 0 bridgehead atoms. The first-order valence-electron chi connectivity index (χ1n) is 4.95. The SMILES string of the molecule is COc1ccc(NI)cc1-c1ccccc1. The fourth-order valence-electron chi connectivity index (χ4n) is 1.61. The molecule has 0 amide bonds. The molecule has 2 rings (SSSR count). The molecule has 0 aliphatic rings. The van der Waals surface area contributed by atoms with Crippen molar-refractivity contribution in [3.8, 4) is 16.9 Å². The summed E-state index contributed by atoms with van der Waals surface area (Å²) in [6.07, 6.45) is 0. The number of benzene rings is 2. The van der Waals surface area contributed by atoms with Gasteiger partial charge in [0, 0.05) is 11.3 Å². The number of ether oxygens (including phenoxy) is 1. The Hall–Kier alpha value is -1.23. The fraction of sp³-hybridized carbons (Fsp3) is 0.0769. The Bertz CT molecular complexity index is 471. The quantitative estimate of drug-likeness (QED) is 0.677. The van der Waals surface area contributed by atoms with Crippen LogP contribution in [0, 0.1) is 0 Å². The molecule has 0 spiro atoms. The molecule has 0 unspecified atom stereocenters. The van der Waals surface area contributed by atoms with Gasteiger partial charge in [0.2, 0.25) is 0 Å². The van der Waals surface area contributed by atoms with Crippen molar-refractivity contribution in [2.45, 2.75) is 0 Å². The Balaban J connectivity index is 2.53. The van der Waals surface area contributed by atoms with E-state index in [0.29, 0.717) is 0 Å². The lowest BCUT2D eigenvalue weighted by atomic mass is 10.0. The summed E-state index contributed by atoms with van der Waals surface area (Å²) < 4.78 is 8.47. The molecule has 2 nitrogen and oxygen atoms in total. The monoisotopic (exact) mass is 325 g/mol. The van der Waals surface area contributed by atoms with Crippen LogP contribution in [-0.2, 0) is 0 Å². The van der Waals surface area contributed by atoms with Gasteiger partial charge in [0.15, 0.2) is 0 Å². The maximum atomic E-state index is 5.37. The number of rotatable bonds is 3. The van der Waals surface area contributed by atoms with Gasteiger partial charge in [0.25, 0.3) is 0 Å². The molecule has 2 aromatic rings. The number of halogens is 1. The van der Waals surface area contributed by atoms with E-state index in [4.69, 9.17) is 4.74 Å². The van der Waals surface area contributed by atoms with Crippen LogP contribution in [0.5, 0.6) is 5.75 Å². The van der Waals surface area contributed by atoms with Crippen molar-refractivity contribution in [2.75, 3.05) is 10.6 Å². The van der Waals surface area contributed by atoms with Crippen LogP contribution in [0.15, 0.2) is 48.5 Å². The summed E-state index contributed by atoms with van der Waals surface area (Å²) in [6.45, 7) is 0. The van der Waals surface area contributed by atoms with Crippen molar-refractivity contribution in [3.05, 3.63) is 48.5 Å². The first-order chi connectivity index (χ1) is 7.85. The van der Waals surface area contributed by atoms with E-state index >= 15 is 0 Å². The highest BCUT2D eigenvalue weighted by Crippen LogP contribution is 2.32. The molecule has 0 atom stereocenters. The molecule has 0 aliphatic carbocycles. The summed E-state index contributed by atoms with van der Waals surface area (Å²) in [4.78, 5) is 0. The first kappa shape index (κ1) is 11.3. The van der Waals surface area contributed by atoms with Crippen LogP contribution in [0.25, 0.3) is 11.1 Å². The average Bonchev–Trinajstić information content (AvgIpc) is 2.39. The molecular formula is C13H12INO. The first-order valence-corrected chi connectivity index (χ1v) is 6.03. The zero-order chi connectivity index (χ0) is 11.4. The van der Waals surface area contributed by atoms with Gasteiger partial charge in [-0.15, -0.1) is 0 Å². The van der Waals surface area contributed by atoms with E-state index in [9.17, 15) is 0 Å². The average molecular weight is 325 g/mol. The number of methoxy groups -OCH3 is 1. The third-order valence-electron chi connectivity index (χ3n) is 2.39.